The largest absolute Gasteiger partial charge is 0.494 e. The standard InChI is InChI=1S/C23H25N3O2/c1-3-28-19-14-12-17(13-15-19)16-25(2)23(27)22-20-10-7-11-21(20)26(24-22)18-8-5-4-6-9-18/h4-6,8-9,12-15H,3,7,10-11,16H2,1-2H3. The molecule has 0 fully saturated rings. The van der Waals surface area contributed by atoms with Crippen LogP contribution in [0.5, 0.6) is 5.75 Å². The van der Waals surface area contributed by atoms with E-state index in [9.17, 15) is 4.79 Å². The first kappa shape index (κ1) is 18.3. The lowest BCUT2D eigenvalue weighted by atomic mass is 10.1. The first-order valence-corrected chi connectivity index (χ1v) is 9.80. The Morgan fingerprint density at radius 3 is 2.57 bits per heavy atom. The van der Waals surface area contributed by atoms with Gasteiger partial charge in [0.25, 0.3) is 5.91 Å². The number of amides is 1. The number of ether oxygens (including phenoxy) is 1. The molecule has 0 unspecified atom stereocenters. The number of aromatic nitrogens is 2. The van der Waals surface area contributed by atoms with Crippen molar-refractivity contribution in [2.45, 2.75) is 32.7 Å². The average molecular weight is 375 g/mol. The molecule has 0 saturated carbocycles. The third-order valence-corrected chi connectivity index (χ3v) is 5.13. The Labute approximate surface area is 165 Å². The second-order valence-corrected chi connectivity index (χ2v) is 7.11. The van der Waals surface area contributed by atoms with E-state index >= 15 is 0 Å². The third-order valence-electron chi connectivity index (χ3n) is 5.13. The van der Waals surface area contributed by atoms with Gasteiger partial charge in [0, 0.05) is 24.8 Å². The molecule has 0 aliphatic heterocycles. The molecule has 144 valence electrons. The van der Waals surface area contributed by atoms with Crippen molar-refractivity contribution in [3.8, 4) is 11.4 Å². The molecule has 1 aliphatic carbocycles. The second-order valence-electron chi connectivity index (χ2n) is 7.11. The highest BCUT2D eigenvalue weighted by Gasteiger charge is 2.28. The Morgan fingerprint density at radius 2 is 1.86 bits per heavy atom. The molecule has 2 aromatic carbocycles. The number of carbonyl (C=O) groups is 1. The van der Waals surface area contributed by atoms with Crippen molar-refractivity contribution in [3.63, 3.8) is 0 Å². The van der Waals surface area contributed by atoms with Crippen LogP contribution in [-0.4, -0.2) is 34.2 Å². The predicted octanol–water partition coefficient (Wildman–Crippen LogP) is 4.03. The van der Waals surface area contributed by atoms with Crippen LogP contribution in [0.3, 0.4) is 0 Å². The fourth-order valence-electron chi connectivity index (χ4n) is 3.78. The van der Waals surface area contributed by atoms with Gasteiger partial charge in [-0.3, -0.25) is 4.79 Å². The Hall–Kier alpha value is -3.08. The summed E-state index contributed by atoms with van der Waals surface area (Å²) in [5, 5.41) is 4.71. The summed E-state index contributed by atoms with van der Waals surface area (Å²) in [6.45, 7) is 3.15. The van der Waals surface area contributed by atoms with Crippen LogP contribution in [-0.2, 0) is 19.4 Å². The minimum Gasteiger partial charge on any atom is -0.494 e. The molecule has 5 heteroatoms. The molecule has 4 rings (SSSR count). The molecule has 0 radical (unpaired) electrons. The Kier molecular flexibility index (Phi) is 5.15. The SMILES string of the molecule is CCOc1ccc(CN(C)C(=O)c2nn(-c3ccccc3)c3c2CCC3)cc1. The molecule has 1 heterocycles. The molecule has 0 saturated heterocycles. The quantitative estimate of drug-likeness (QED) is 0.653. The fraction of sp³-hybridized carbons (Fsp3) is 0.304. The second kappa shape index (κ2) is 7.89. The number of hydrogen-bond acceptors (Lipinski definition) is 3. The van der Waals surface area contributed by atoms with E-state index in [1.807, 2.05) is 73.3 Å². The van der Waals surface area contributed by atoms with E-state index < -0.39 is 0 Å². The first-order valence-electron chi connectivity index (χ1n) is 9.80. The summed E-state index contributed by atoms with van der Waals surface area (Å²) >= 11 is 0. The zero-order valence-corrected chi connectivity index (χ0v) is 16.4. The van der Waals surface area contributed by atoms with Gasteiger partial charge in [-0.15, -0.1) is 0 Å². The molecule has 0 N–H and O–H groups in total. The minimum atomic E-state index is -0.0262. The summed E-state index contributed by atoms with van der Waals surface area (Å²) in [5.74, 6) is 0.821. The lowest BCUT2D eigenvalue weighted by molar-refractivity contribution is 0.0777. The van der Waals surface area contributed by atoms with Gasteiger partial charge < -0.3 is 9.64 Å². The molecule has 28 heavy (non-hydrogen) atoms. The number of rotatable bonds is 6. The first-order chi connectivity index (χ1) is 13.7. The summed E-state index contributed by atoms with van der Waals surface area (Å²) in [6, 6.07) is 17.9. The monoisotopic (exact) mass is 375 g/mol. The van der Waals surface area contributed by atoms with Crippen molar-refractivity contribution in [3.05, 3.63) is 77.1 Å². The molecular formula is C23H25N3O2. The lowest BCUT2D eigenvalue weighted by Gasteiger charge is -2.17. The summed E-state index contributed by atoms with van der Waals surface area (Å²) in [7, 11) is 1.83. The molecule has 0 spiro atoms. The van der Waals surface area contributed by atoms with Crippen molar-refractivity contribution in [2.75, 3.05) is 13.7 Å². The van der Waals surface area contributed by atoms with Crippen LogP contribution in [0.25, 0.3) is 5.69 Å². The van der Waals surface area contributed by atoms with E-state index in [1.54, 1.807) is 4.90 Å². The Bertz CT molecular complexity index is 962. The van der Waals surface area contributed by atoms with E-state index in [4.69, 9.17) is 9.84 Å². The van der Waals surface area contributed by atoms with Crippen LogP contribution >= 0.6 is 0 Å². The van der Waals surface area contributed by atoms with E-state index in [0.717, 1.165) is 41.8 Å². The molecule has 0 bridgehead atoms. The zero-order chi connectivity index (χ0) is 19.5. The van der Waals surface area contributed by atoms with E-state index in [2.05, 4.69) is 0 Å². The van der Waals surface area contributed by atoms with Gasteiger partial charge in [0.15, 0.2) is 5.69 Å². The number of carbonyl (C=O) groups excluding carboxylic acids is 1. The van der Waals surface area contributed by atoms with Crippen LogP contribution in [0.2, 0.25) is 0 Å². The highest BCUT2D eigenvalue weighted by molar-refractivity contribution is 5.94. The van der Waals surface area contributed by atoms with Crippen molar-refractivity contribution >= 4 is 5.91 Å². The van der Waals surface area contributed by atoms with Crippen LogP contribution in [0.4, 0.5) is 0 Å². The van der Waals surface area contributed by atoms with E-state index in [0.29, 0.717) is 18.8 Å². The normalized spacial score (nSPS) is 12.6. The zero-order valence-electron chi connectivity index (χ0n) is 16.4. The van der Waals surface area contributed by atoms with Crippen LogP contribution in [0.1, 0.15) is 40.7 Å². The van der Waals surface area contributed by atoms with E-state index in [1.165, 1.54) is 5.69 Å². The van der Waals surface area contributed by atoms with Gasteiger partial charge in [0.05, 0.1) is 12.3 Å². The summed E-state index contributed by atoms with van der Waals surface area (Å²) in [4.78, 5) is 14.9. The van der Waals surface area contributed by atoms with Gasteiger partial charge in [-0.1, -0.05) is 30.3 Å². The smallest absolute Gasteiger partial charge is 0.274 e. The highest BCUT2D eigenvalue weighted by atomic mass is 16.5. The van der Waals surface area contributed by atoms with Crippen molar-refractivity contribution in [2.24, 2.45) is 0 Å². The fourth-order valence-corrected chi connectivity index (χ4v) is 3.78. The molecular weight excluding hydrogens is 350 g/mol. The maximum atomic E-state index is 13.1. The van der Waals surface area contributed by atoms with Gasteiger partial charge in [0.2, 0.25) is 0 Å². The van der Waals surface area contributed by atoms with Crippen molar-refractivity contribution < 1.29 is 9.53 Å². The number of nitrogens with zero attached hydrogens (tertiary/aromatic N) is 3. The summed E-state index contributed by atoms with van der Waals surface area (Å²) < 4.78 is 7.43. The molecule has 1 aromatic heterocycles. The van der Waals surface area contributed by atoms with Gasteiger partial charge in [-0.05, 0) is 56.0 Å². The predicted molar refractivity (Wildman–Crippen MR) is 109 cm³/mol. The number of benzene rings is 2. The van der Waals surface area contributed by atoms with Gasteiger partial charge in [-0.25, -0.2) is 4.68 Å². The summed E-state index contributed by atoms with van der Waals surface area (Å²) in [6.07, 6.45) is 2.95. The maximum absolute atomic E-state index is 13.1. The molecule has 1 aliphatic rings. The number of fused-ring (bicyclic) bond motifs is 1. The maximum Gasteiger partial charge on any atom is 0.274 e. The van der Waals surface area contributed by atoms with Crippen molar-refractivity contribution in [1.29, 1.82) is 0 Å². The lowest BCUT2D eigenvalue weighted by Crippen LogP contribution is -2.27. The average Bonchev–Trinajstić information content (AvgIpc) is 3.32. The number of para-hydroxylation sites is 1. The molecule has 3 aromatic rings. The Balaban J connectivity index is 1.56. The Morgan fingerprint density at radius 1 is 1.11 bits per heavy atom. The van der Waals surface area contributed by atoms with Crippen LogP contribution in [0.15, 0.2) is 54.6 Å². The highest BCUT2D eigenvalue weighted by Crippen LogP contribution is 2.28. The van der Waals surface area contributed by atoms with Crippen molar-refractivity contribution in [1.82, 2.24) is 14.7 Å². The van der Waals surface area contributed by atoms with Crippen LogP contribution < -0.4 is 4.74 Å². The molecule has 5 nitrogen and oxygen atoms in total. The molecule has 1 amide bonds. The molecule has 0 atom stereocenters. The van der Waals surface area contributed by atoms with Gasteiger partial charge >= 0.3 is 0 Å². The van der Waals surface area contributed by atoms with Gasteiger partial charge in [0.1, 0.15) is 5.75 Å². The number of hydrogen-bond donors (Lipinski definition) is 0. The topological polar surface area (TPSA) is 47.4 Å². The summed E-state index contributed by atoms with van der Waals surface area (Å²) in [5.41, 5.74) is 4.94. The third kappa shape index (κ3) is 3.52. The van der Waals surface area contributed by atoms with Gasteiger partial charge in [-0.2, -0.15) is 5.10 Å². The van der Waals surface area contributed by atoms with Crippen LogP contribution in [0, 0.1) is 0 Å². The van der Waals surface area contributed by atoms with E-state index in [-0.39, 0.29) is 5.91 Å². The minimum absolute atomic E-state index is 0.0262.